The summed E-state index contributed by atoms with van der Waals surface area (Å²) < 4.78 is 0. The number of hydrogen-bond donors (Lipinski definition) is 1. The third-order valence-electron chi connectivity index (χ3n) is 2.93. The molecule has 0 aliphatic rings. The Bertz CT molecular complexity index is 480. The first kappa shape index (κ1) is 16.0. The Morgan fingerprint density at radius 2 is 2.05 bits per heavy atom. The molecule has 0 fully saturated rings. The molecule has 1 aromatic carbocycles. The van der Waals surface area contributed by atoms with Crippen LogP contribution >= 0.6 is 0 Å². The van der Waals surface area contributed by atoms with Crippen molar-refractivity contribution in [3.8, 4) is 6.07 Å². The van der Waals surface area contributed by atoms with Gasteiger partial charge in [0.05, 0.1) is 6.07 Å². The highest BCUT2D eigenvalue weighted by Gasteiger charge is 2.09. The Morgan fingerprint density at radius 3 is 2.60 bits per heavy atom. The van der Waals surface area contributed by atoms with Crippen LogP contribution < -0.4 is 5.32 Å². The van der Waals surface area contributed by atoms with Crippen molar-refractivity contribution in [3.05, 3.63) is 45.8 Å². The predicted octanol–water partition coefficient (Wildman–Crippen LogP) is 3.74. The third-order valence-corrected chi connectivity index (χ3v) is 2.93. The molecule has 1 N–H and O–H groups in total. The molecule has 1 unspecified atom stereocenters. The molecule has 0 saturated carbocycles. The topological polar surface area (TPSA) is 84.6 Å². The van der Waals surface area contributed by atoms with Crippen molar-refractivity contribution >= 4 is 0 Å². The fraction of sp³-hybridized carbons (Fsp3) is 0.533. The molecule has 0 heterocycles. The second-order valence-electron chi connectivity index (χ2n) is 5.16. The molecule has 0 radical (unpaired) electrons. The highest BCUT2D eigenvalue weighted by Crippen LogP contribution is 2.15. The Balaban J connectivity index is 2.52. The average molecular weight is 271 g/mol. The molecule has 1 rings (SSSR count). The van der Waals surface area contributed by atoms with Crippen LogP contribution in [-0.2, 0) is 6.42 Å². The van der Waals surface area contributed by atoms with Gasteiger partial charge < -0.3 is 0 Å². The summed E-state index contributed by atoms with van der Waals surface area (Å²) in [6, 6.07) is 10.1. The van der Waals surface area contributed by atoms with E-state index >= 15 is 0 Å². The van der Waals surface area contributed by atoms with E-state index in [1.807, 2.05) is 12.1 Å². The van der Waals surface area contributed by atoms with Crippen LogP contribution in [0.5, 0.6) is 0 Å². The first-order valence-electron chi connectivity index (χ1n) is 6.90. The smallest absolute Gasteiger partial charge is 0.121 e. The van der Waals surface area contributed by atoms with Crippen molar-refractivity contribution in [2.45, 2.75) is 32.7 Å². The summed E-state index contributed by atoms with van der Waals surface area (Å²) in [5.41, 5.74) is 10.4. The van der Waals surface area contributed by atoms with Crippen molar-refractivity contribution in [1.29, 1.82) is 5.26 Å². The summed E-state index contributed by atoms with van der Waals surface area (Å²) in [6.45, 7) is 5.49. The Labute approximate surface area is 120 Å². The summed E-state index contributed by atoms with van der Waals surface area (Å²) in [4.78, 5) is 2.70. The molecule has 5 nitrogen and oxygen atoms in total. The van der Waals surface area contributed by atoms with E-state index in [2.05, 4.69) is 47.4 Å². The lowest BCUT2D eigenvalue weighted by atomic mass is 10.00. The van der Waals surface area contributed by atoms with Crippen LogP contribution in [0.2, 0.25) is 0 Å². The minimum Gasteiger partial charge on any atom is -0.298 e. The predicted molar refractivity (Wildman–Crippen MR) is 80.0 cm³/mol. The van der Waals surface area contributed by atoms with E-state index in [0.29, 0.717) is 19.0 Å². The lowest BCUT2D eigenvalue weighted by Crippen LogP contribution is -2.21. The fourth-order valence-electron chi connectivity index (χ4n) is 2.00. The monoisotopic (exact) mass is 271 g/mol. The molecule has 0 aliphatic heterocycles. The number of nitrogens with one attached hydrogen (secondary N) is 1. The average Bonchev–Trinajstić information content (AvgIpc) is 2.43. The molecule has 0 bridgehead atoms. The first-order valence-corrected chi connectivity index (χ1v) is 6.90. The molecule has 0 aliphatic carbocycles. The van der Waals surface area contributed by atoms with Crippen molar-refractivity contribution in [2.24, 2.45) is 11.0 Å². The molecule has 0 spiro atoms. The zero-order chi connectivity index (χ0) is 14.8. The van der Waals surface area contributed by atoms with Gasteiger partial charge in [-0.15, -0.1) is 0 Å². The van der Waals surface area contributed by atoms with E-state index in [0.717, 1.165) is 18.4 Å². The second-order valence-corrected chi connectivity index (χ2v) is 5.16. The fourth-order valence-corrected chi connectivity index (χ4v) is 2.00. The summed E-state index contributed by atoms with van der Waals surface area (Å²) in [5.74, 6) is 0.631. The number of rotatable bonds is 8. The molecule has 0 aromatic heterocycles. The van der Waals surface area contributed by atoms with Gasteiger partial charge in [-0.2, -0.15) is 5.26 Å². The summed E-state index contributed by atoms with van der Waals surface area (Å²) >= 11 is 0. The quantitative estimate of drug-likeness (QED) is 0.338. The van der Waals surface area contributed by atoms with Crippen LogP contribution in [0.3, 0.4) is 0 Å². The van der Waals surface area contributed by atoms with E-state index in [-0.39, 0.29) is 6.04 Å². The lowest BCUT2D eigenvalue weighted by Gasteiger charge is -2.12. The van der Waals surface area contributed by atoms with Crippen molar-refractivity contribution < 1.29 is 0 Å². The normalized spacial score (nSPS) is 11.7. The second kappa shape index (κ2) is 8.98. The Morgan fingerprint density at radius 1 is 1.35 bits per heavy atom. The third kappa shape index (κ3) is 5.75. The van der Waals surface area contributed by atoms with Crippen LogP contribution in [0, 0.1) is 17.2 Å². The first-order chi connectivity index (χ1) is 9.67. The molecule has 0 saturated heterocycles. The van der Waals surface area contributed by atoms with Gasteiger partial charge in [-0.05, 0) is 42.0 Å². The molecule has 1 atom stereocenters. The van der Waals surface area contributed by atoms with Gasteiger partial charge in [0, 0.05) is 11.5 Å². The van der Waals surface area contributed by atoms with Crippen LogP contribution in [-0.4, -0.2) is 13.1 Å². The van der Waals surface area contributed by atoms with Crippen molar-refractivity contribution in [1.82, 2.24) is 5.32 Å². The minimum absolute atomic E-state index is 0.311. The van der Waals surface area contributed by atoms with Crippen molar-refractivity contribution in [2.75, 3.05) is 13.1 Å². The molecule has 106 valence electrons. The van der Waals surface area contributed by atoms with E-state index in [1.54, 1.807) is 0 Å². The van der Waals surface area contributed by atoms with Gasteiger partial charge in [0.15, 0.2) is 0 Å². The summed E-state index contributed by atoms with van der Waals surface area (Å²) in [5, 5.41) is 15.8. The summed E-state index contributed by atoms with van der Waals surface area (Å²) in [7, 11) is 0. The van der Waals surface area contributed by atoms with Gasteiger partial charge in [0.2, 0.25) is 0 Å². The number of nitrogens with zero attached hydrogens (tertiary/aromatic N) is 4. The molecule has 5 heteroatoms. The zero-order valence-corrected chi connectivity index (χ0v) is 12.1. The molecule has 1 aromatic rings. The van der Waals surface area contributed by atoms with Gasteiger partial charge in [-0.3, -0.25) is 5.32 Å². The molecular weight excluding hydrogens is 250 g/mol. The standard InChI is InChI=1S/C15H21N5/c1-12(2)10-13-4-6-14(7-5-13)15(11-16)18-8-3-9-19-20-17/h4-7,12,15,18H,3,8-10H2,1-2H3. The van der Waals surface area contributed by atoms with Crippen LogP contribution in [0.15, 0.2) is 29.4 Å². The van der Waals surface area contributed by atoms with Gasteiger partial charge in [-0.1, -0.05) is 43.2 Å². The largest absolute Gasteiger partial charge is 0.298 e. The van der Waals surface area contributed by atoms with Gasteiger partial charge >= 0.3 is 0 Å². The summed E-state index contributed by atoms with van der Waals surface area (Å²) in [6.07, 6.45) is 1.78. The Kier molecular flexibility index (Phi) is 7.20. The van der Waals surface area contributed by atoms with E-state index in [1.165, 1.54) is 5.56 Å². The SMILES string of the molecule is CC(C)Cc1ccc(C(C#N)NCCCN=[N+]=[N-])cc1. The maximum Gasteiger partial charge on any atom is 0.121 e. The zero-order valence-electron chi connectivity index (χ0n) is 12.1. The number of benzene rings is 1. The van der Waals surface area contributed by atoms with E-state index < -0.39 is 0 Å². The van der Waals surface area contributed by atoms with E-state index in [4.69, 9.17) is 5.53 Å². The highest BCUT2D eigenvalue weighted by atomic mass is 15.1. The number of azide groups is 1. The van der Waals surface area contributed by atoms with Gasteiger partial charge in [0.25, 0.3) is 0 Å². The number of hydrogen-bond acceptors (Lipinski definition) is 3. The number of nitriles is 1. The molecule has 0 amide bonds. The Hall–Kier alpha value is -2.02. The maximum atomic E-state index is 9.20. The maximum absolute atomic E-state index is 9.20. The minimum atomic E-state index is -0.311. The van der Waals surface area contributed by atoms with Gasteiger partial charge in [-0.25, -0.2) is 0 Å². The van der Waals surface area contributed by atoms with Crippen LogP contribution in [0.25, 0.3) is 10.4 Å². The van der Waals surface area contributed by atoms with Crippen LogP contribution in [0.4, 0.5) is 0 Å². The van der Waals surface area contributed by atoms with Crippen molar-refractivity contribution in [3.63, 3.8) is 0 Å². The van der Waals surface area contributed by atoms with Gasteiger partial charge in [0.1, 0.15) is 6.04 Å². The van der Waals surface area contributed by atoms with Crippen LogP contribution in [0.1, 0.15) is 37.4 Å². The molecular formula is C15H21N5. The highest BCUT2D eigenvalue weighted by molar-refractivity contribution is 5.28. The van der Waals surface area contributed by atoms with E-state index in [9.17, 15) is 5.26 Å². The molecule has 20 heavy (non-hydrogen) atoms. The lowest BCUT2D eigenvalue weighted by molar-refractivity contribution is 0.606.